The SMILES string of the molecule is CN(CCCNCc1cccc(Br)n1)C(=O)OC(C)(C)C. The van der Waals surface area contributed by atoms with Gasteiger partial charge in [-0.3, -0.25) is 0 Å². The number of amides is 1. The van der Waals surface area contributed by atoms with Crippen molar-refractivity contribution < 1.29 is 9.53 Å². The van der Waals surface area contributed by atoms with Crippen LogP contribution in [0.15, 0.2) is 22.8 Å². The number of nitrogens with zero attached hydrogens (tertiary/aromatic N) is 2. The molecule has 0 saturated carbocycles. The molecule has 118 valence electrons. The van der Waals surface area contributed by atoms with Crippen LogP contribution in [0.25, 0.3) is 0 Å². The number of rotatable bonds is 6. The molecule has 0 aliphatic heterocycles. The van der Waals surface area contributed by atoms with Gasteiger partial charge in [0.1, 0.15) is 10.2 Å². The number of aromatic nitrogens is 1. The number of carbonyl (C=O) groups is 1. The Kier molecular flexibility index (Phi) is 7.11. The minimum atomic E-state index is -0.448. The molecule has 1 heterocycles. The molecule has 0 radical (unpaired) electrons. The van der Waals surface area contributed by atoms with E-state index in [0.717, 1.165) is 29.8 Å². The van der Waals surface area contributed by atoms with Crippen LogP contribution in [0.4, 0.5) is 4.79 Å². The Morgan fingerprint density at radius 1 is 1.43 bits per heavy atom. The third-order valence-corrected chi connectivity index (χ3v) is 3.07. The third-order valence-electron chi connectivity index (χ3n) is 2.63. The van der Waals surface area contributed by atoms with Crippen molar-refractivity contribution in [3.63, 3.8) is 0 Å². The van der Waals surface area contributed by atoms with Crippen LogP contribution < -0.4 is 5.32 Å². The summed E-state index contributed by atoms with van der Waals surface area (Å²) in [6.45, 7) is 7.80. The Balaban J connectivity index is 2.18. The molecule has 1 aromatic rings. The second-order valence-corrected chi connectivity index (χ2v) is 6.70. The number of hydrogen-bond donors (Lipinski definition) is 1. The molecular weight excluding hydrogens is 334 g/mol. The predicted octanol–water partition coefficient (Wildman–Crippen LogP) is 3.19. The maximum absolute atomic E-state index is 11.7. The van der Waals surface area contributed by atoms with Crippen LogP contribution >= 0.6 is 15.9 Å². The van der Waals surface area contributed by atoms with Crippen LogP contribution in [0.3, 0.4) is 0 Å². The van der Waals surface area contributed by atoms with E-state index in [9.17, 15) is 4.79 Å². The summed E-state index contributed by atoms with van der Waals surface area (Å²) >= 11 is 3.35. The van der Waals surface area contributed by atoms with E-state index in [1.165, 1.54) is 0 Å². The van der Waals surface area contributed by atoms with Crippen LogP contribution in [0.5, 0.6) is 0 Å². The summed E-state index contributed by atoms with van der Waals surface area (Å²) in [5, 5.41) is 3.31. The molecule has 1 rings (SSSR count). The molecule has 5 nitrogen and oxygen atoms in total. The molecule has 0 aliphatic carbocycles. The van der Waals surface area contributed by atoms with Crippen molar-refractivity contribution in [2.75, 3.05) is 20.1 Å². The molecule has 0 saturated heterocycles. The molecular formula is C15H24BrN3O2. The van der Waals surface area contributed by atoms with Gasteiger partial charge >= 0.3 is 6.09 Å². The first kappa shape index (κ1) is 17.9. The Bertz CT molecular complexity index is 460. The maximum atomic E-state index is 11.7. The number of nitrogens with one attached hydrogen (secondary N) is 1. The minimum Gasteiger partial charge on any atom is -0.444 e. The van der Waals surface area contributed by atoms with Gasteiger partial charge in [0.2, 0.25) is 0 Å². The van der Waals surface area contributed by atoms with E-state index < -0.39 is 5.60 Å². The zero-order chi connectivity index (χ0) is 15.9. The average molecular weight is 358 g/mol. The monoisotopic (exact) mass is 357 g/mol. The van der Waals surface area contributed by atoms with Crippen molar-refractivity contribution in [1.82, 2.24) is 15.2 Å². The highest BCUT2D eigenvalue weighted by Gasteiger charge is 2.18. The number of carbonyl (C=O) groups excluding carboxylic acids is 1. The van der Waals surface area contributed by atoms with Crippen LogP contribution in [0.2, 0.25) is 0 Å². The first-order valence-corrected chi connectivity index (χ1v) is 7.83. The fourth-order valence-electron chi connectivity index (χ4n) is 1.64. The Morgan fingerprint density at radius 2 is 2.14 bits per heavy atom. The van der Waals surface area contributed by atoms with Gasteiger partial charge in [0.25, 0.3) is 0 Å². The summed E-state index contributed by atoms with van der Waals surface area (Å²) < 4.78 is 6.13. The van der Waals surface area contributed by atoms with Gasteiger partial charge in [-0.1, -0.05) is 6.07 Å². The molecule has 1 amide bonds. The molecule has 1 aromatic heterocycles. The van der Waals surface area contributed by atoms with Gasteiger partial charge in [0.15, 0.2) is 0 Å². The van der Waals surface area contributed by atoms with Gasteiger partial charge in [-0.2, -0.15) is 0 Å². The molecule has 0 fully saturated rings. The van der Waals surface area contributed by atoms with Crippen LogP contribution in [0, 0.1) is 0 Å². The van der Waals surface area contributed by atoms with E-state index in [0.29, 0.717) is 6.54 Å². The summed E-state index contributed by atoms with van der Waals surface area (Å²) in [5.74, 6) is 0. The lowest BCUT2D eigenvalue weighted by molar-refractivity contribution is 0.0297. The van der Waals surface area contributed by atoms with Crippen molar-refractivity contribution >= 4 is 22.0 Å². The topological polar surface area (TPSA) is 54.5 Å². The van der Waals surface area contributed by atoms with E-state index in [1.54, 1.807) is 11.9 Å². The summed E-state index contributed by atoms with van der Waals surface area (Å²) in [6.07, 6.45) is 0.583. The second kappa shape index (κ2) is 8.34. The predicted molar refractivity (Wildman–Crippen MR) is 87.1 cm³/mol. The average Bonchev–Trinajstić information content (AvgIpc) is 2.36. The highest BCUT2D eigenvalue weighted by atomic mass is 79.9. The lowest BCUT2D eigenvalue weighted by atomic mass is 10.2. The van der Waals surface area contributed by atoms with Gasteiger partial charge in [-0.15, -0.1) is 0 Å². The largest absolute Gasteiger partial charge is 0.444 e. The Labute approximate surface area is 135 Å². The summed E-state index contributed by atoms with van der Waals surface area (Å²) in [5.41, 5.74) is 0.542. The van der Waals surface area contributed by atoms with Crippen molar-refractivity contribution in [3.05, 3.63) is 28.5 Å². The van der Waals surface area contributed by atoms with Gasteiger partial charge in [0, 0.05) is 20.1 Å². The first-order valence-electron chi connectivity index (χ1n) is 7.04. The van der Waals surface area contributed by atoms with Gasteiger partial charge in [0.05, 0.1) is 5.69 Å². The van der Waals surface area contributed by atoms with Crippen LogP contribution in [0.1, 0.15) is 32.9 Å². The fourth-order valence-corrected chi connectivity index (χ4v) is 2.02. The van der Waals surface area contributed by atoms with Gasteiger partial charge in [-0.25, -0.2) is 9.78 Å². The minimum absolute atomic E-state index is 0.281. The molecule has 0 spiro atoms. The van der Waals surface area contributed by atoms with E-state index in [1.807, 2.05) is 39.0 Å². The Hall–Kier alpha value is -1.14. The molecule has 0 aliphatic rings. The quantitative estimate of drug-likeness (QED) is 0.627. The van der Waals surface area contributed by atoms with Crippen LogP contribution in [-0.4, -0.2) is 41.7 Å². The highest BCUT2D eigenvalue weighted by Crippen LogP contribution is 2.09. The summed E-state index contributed by atoms with van der Waals surface area (Å²) in [6, 6.07) is 5.84. The van der Waals surface area contributed by atoms with E-state index in [-0.39, 0.29) is 6.09 Å². The van der Waals surface area contributed by atoms with E-state index in [2.05, 4.69) is 26.2 Å². The molecule has 6 heteroatoms. The molecule has 0 atom stereocenters. The molecule has 0 bridgehead atoms. The second-order valence-electron chi connectivity index (χ2n) is 5.88. The van der Waals surface area contributed by atoms with Crippen LogP contribution in [-0.2, 0) is 11.3 Å². The van der Waals surface area contributed by atoms with Crippen molar-refractivity contribution in [1.29, 1.82) is 0 Å². The lowest BCUT2D eigenvalue weighted by Crippen LogP contribution is -2.35. The van der Waals surface area contributed by atoms with Gasteiger partial charge in [-0.05, 0) is 61.8 Å². The van der Waals surface area contributed by atoms with Crippen molar-refractivity contribution in [2.45, 2.75) is 39.3 Å². The fraction of sp³-hybridized carbons (Fsp3) is 0.600. The van der Waals surface area contributed by atoms with Gasteiger partial charge < -0.3 is 15.0 Å². The molecule has 0 aromatic carbocycles. The zero-order valence-electron chi connectivity index (χ0n) is 13.1. The summed E-state index contributed by atoms with van der Waals surface area (Å²) in [7, 11) is 1.75. The first-order chi connectivity index (χ1) is 9.78. The molecule has 21 heavy (non-hydrogen) atoms. The number of ether oxygens (including phenoxy) is 1. The number of hydrogen-bond acceptors (Lipinski definition) is 4. The molecule has 1 N–H and O–H groups in total. The van der Waals surface area contributed by atoms with E-state index in [4.69, 9.17) is 4.74 Å². The lowest BCUT2D eigenvalue weighted by Gasteiger charge is -2.24. The standard InChI is InChI=1S/C15H24BrN3O2/c1-15(2,3)21-14(20)19(4)10-6-9-17-11-12-7-5-8-13(16)18-12/h5,7-8,17H,6,9-11H2,1-4H3. The number of halogens is 1. The Morgan fingerprint density at radius 3 is 2.76 bits per heavy atom. The maximum Gasteiger partial charge on any atom is 0.410 e. The van der Waals surface area contributed by atoms with E-state index >= 15 is 0 Å². The highest BCUT2D eigenvalue weighted by molar-refractivity contribution is 9.10. The van der Waals surface area contributed by atoms with Crippen molar-refractivity contribution in [3.8, 4) is 0 Å². The smallest absolute Gasteiger partial charge is 0.410 e. The normalized spacial score (nSPS) is 11.3. The van der Waals surface area contributed by atoms with Crippen molar-refractivity contribution in [2.24, 2.45) is 0 Å². The third kappa shape index (κ3) is 8.02. The molecule has 0 unspecified atom stereocenters. The summed E-state index contributed by atoms with van der Waals surface area (Å²) in [4.78, 5) is 17.7. The number of pyridine rings is 1. The zero-order valence-corrected chi connectivity index (χ0v) is 14.7.